The number of carbonyl (C=O) groups is 2. The summed E-state index contributed by atoms with van der Waals surface area (Å²) in [7, 11) is 0. The zero-order valence-corrected chi connectivity index (χ0v) is 12.2. The van der Waals surface area contributed by atoms with Crippen molar-refractivity contribution in [3.8, 4) is 5.75 Å². The Morgan fingerprint density at radius 2 is 1.82 bits per heavy atom. The summed E-state index contributed by atoms with van der Waals surface area (Å²) in [6.07, 6.45) is 0. The number of ether oxygens (including phenoxy) is 1. The Morgan fingerprint density at radius 1 is 1.27 bits per heavy atom. The second-order valence-corrected chi connectivity index (χ2v) is 5.81. The van der Waals surface area contributed by atoms with E-state index >= 15 is 0 Å². The molecular weight excluding hydrogens is 296 g/mol. The van der Waals surface area contributed by atoms with Crippen molar-refractivity contribution in [2.45, 2.75) is 19.8 Å². The molecule has 1 aliphatic rings. The molecule has 2 N–H and O–H groups in total. The topological polar surface area (TPSA) is 75.6 Å². The molecule has 0 saturated heterocycles. The van der Waals surface area contributed by atoms with Gasteiger partial charge in [-0.05, 0) is 24.3 Å². The molecule has 0 aromatic heterocycles. The molecule has 0 heterocycles. The molecule has 2 rings (SSSR count). The van der Waals surface area contributed by atoms with Crippen LogP contribution in [0.25, 0.3) is 0 Å². The molecule has 0 aliphatic heterocycles. The van der Waals surface area contributed by atoms with Gasteiger partial charge >= 0.3 is 5.97 Å². The Balaban J connectivity index is 1.87. The van der Waals surface area contributed by atoms with Crippen LogP contribution in [0.4, 0.5) is 8.78 Å². The van der Waals surface area contributed by atoms with E-state index in [0.717, 1.165) is 0 Å². The van der Waals surface area contributed by atoms with Crippen LogP contribution < -0.4 is 10.1 Å². The van der Waals surface area contributed by atoms with Crippen molar-refractivity contribution < 1.29 is 28.2 Å². The summed E-state index contributed by atoms with van der Waals surface area (Å²) in [6.45, 7) is 2.38. The molecule has 1 saturated carbocycles. The normalized spacial score (nSPS) is 21.0. The maximum Gasteiger partial charge on any atom is 0.341 e. The summed E-state index contributed by atoms with van der Waals surface area (Å²) in [5.74, 6) is -4.86. The van der Waals surface area contributed by atoms with Crippen LogP contribution in [0.2, 0.25) is 0 Å². The van der Waals surface area contributed by atoms with Gasteiger partial charge in [0.05, 0.1) is 5.92 Å². The predicted molar refractivity (Wildman–Crippen MR) is 74.1 cm³/mol. The maximum atomic E-state index is 13.4. The Kier molecular flexibility index (Phi) is 4.08. The van der Waals surface area contributed by atoms with Gasteiger partial charge in [0.25, 0.3) is 11.8 Å². The number of hydrogen-bond acceptors (Lipinski definition) is 3. The second kappa shape index (κ2) is 5.55. The van der Waals surface area contributed by atoms with Crippen LogP contribution in [0.3, 0.4) is 0 Å². The number of hydrogen-bond donors (Lipinski definition) is 2. The van der Waals surface area contributed by atoms with E-state index in [-0.39, 0.29) is 6.54 Å². The summed E-state index contributed by atoms with van der Waals surface area (Å²) < 4.78 is 31.8. The van der Waals surface area contributed by atoms with E-state index in [1.807, 2.05) is 0 Å². The molecule has 0 spiro atoms. The van der Waals surface area contributed by atoms with Crippen LogP contribution in [-0.2, 0) is 4.79 Å². The summed E-state index contributed by atoms with van der Waals surface area (Å²) >= 11 is 0. The van der Waals surface area contributed by atoms with Crippen molar-refractivity contribution in [1.29, 1.82) is 0 Å². The molecule has 0 radical (unpaired) electrons. The van der Waals surface area contributed by atoms with E-state index < -0.39 is 35.7 Å². The SMILES string of the molecule is CC1(C)C(CNC(=O)c2ccc(OCC(=O)O)cc2)C1(F)F. The first-order chi connectivity index (χ1) is 10.2. The maximum absolute atomic E-state index is 13.4. The fourth-order valence-corrected chi connectivity index (χ4v) is 2.29. The highest BCUT2D eigenvalue weighted by Crippen LogP contribution is 2.65. The minimum Gasteiger partial charge on any atom is -0.482 e. The van der Waals surface area contributed by atoms with E-state index in [0.29, 0.717) is 11.3 Å². The number of carbonyl (C=O) groups excluding carboxylic acids is 1. The van der Waals surface area contributed by atoms with Crippen LogP contribution >= 0.6 is 0 Å². The third-order valence-corrected chi connectivity index (χ3v) is 4.03. The van der Waals surface area contributed by atoms with Crippen molar-refractivity contribution in [2.75, 3.05) is 13.2 Å². The Hall–Kier alpha value is -2.18. The molecule has 1 fully saturated rings. The molecule has 1 unspecified atom stereocenters. The minimum absolute atomic E-state index is 0.0872. The van der Waals surface area contributed by atoms with Gasteiger partial charge in [0.1, 0.15) is 5.75 Å². The van der Waals surface area contributed by atoms with Gasteiger partial charge in [-0.2, -0.15) is 0 Å². The molecule has 1 aromatic carbocycles. The number of nitrogens with one attached hydrogen (secondary N) is 1. The monoisotopic (exact) mass is 313 g/mol. The van der Waals surface area contributed by atoms with Gasteiger partial charge in [0, 0.05) is 17.5 Å². The van der Waals surface area contributed by atoms with E-state index in [9.17, 15) is 18.4 Å². The lowest BCUT2D eigenvalue weighted by Gasteiger charge is -2.07. The van der Waals surface area contributed by atoms with E-state index in [1.165, 1.54) is 38.1 Å². The predicted octanol–water partition coefficient (Wildman–Crippen LogP) is 2.17. The zero-order chi connectivity index (χ0) is 16.5. The van der Waals surface area contributed by atoms with E-state index in [4.69, 9.17) is 9.84 Å². The Labute approximate surface area is 126 Å². The number of carboxylic acids is 1. The van der Waals surface area contributed by atoms with Crippen LogP contribution in [0.15, 0.2) is 24.3 Å². The largest absolute Gasteiger partial charge is 0.482 e. The summed E-state index contributed by atoms with van der Waals surface area (Å²) in [4.78, 5) is 22.2. The van der Waals surface area contributed by atoms with Gasteiger partial charge in [0.15, 0.2) is 6.61 Å². The highest BCUT2D eigenvalue weighted by atomic mass is 19.3. The molecule has 1 aliphatic carbocycles. The summed E-state index contributed by atoms with van der Waals surface area (Å²) in [6, 6.07) is 5.80. The lowest BCUT2D eigenvalue weighted by atomic mass is 10.1. The van der Waals surface area contributed by atoms with Crippen LogP contribution in [0.1, 0.15) is 24.2 Å². The lowest BCUT2D eigenvalue weighted by molar-refractivity contribution is -0.139. The molecule has 1 atom stereocenters. The molecular formula is C15H17F2NO4. The number of alkyl halides is 2. The highest BCUT2D eigenvalue weighted by molar-refractivity contribution is 5.94. The van der Waals surface area contributed by atoms with E-state index in [2.05, 4.69) is 5.32 Å². The number of carboxylic acid groups (broad SMARTS) is 1. The van der Waals surface area contributed by atoms with Crippen molar-refractivity contribution in [3.63, 3.8) is 0 Å². The van der Waals surface area contributed by atoms with Gasteiger partial charge in [-0.25, -0.2) is 13.6 Å². The quantitative estimate of drug-likeness (QED) is 0.844. The van der Waals surface area contributed by atoms with Crippen molar-refractivity contribution >= 4 is 11.9 Å². The molecule has 1 aromatic rings. The molecule has 5 nitrogen and oxygen atoms in total. The second-order valence-electron chi connectivity index (χ2n) is 5.81. The number of amides is 1. The summed E-state index contributed by atoms with van der Waals surface area (Å²) in [5.41, 5.74) is -0.793. The smallest absolute Gasteiger partial charge is 0.341 e. The molecule has 22 heavy (non-hydrogen) atoms. The van der Waals surface area contributed by atoms with Gasteiger partial charge in [-0.1, -0.05) is 13.8 Å². The third-order valence-electron chi connectivity index (χ3n) is 4.03. The Bertz CT molecular complexity index is 570. The third kappa shape index (κ3) is 3.03. The first-order valence-electron chi connectivity index (χ1n) is 6.77. The van der Waals surface area contributed by atoms with E-state index in [1.54, 1.807) is 0 Å². The fourth-order valence-electron chi connectivity index (χ4n) is 2.29. The minimum atomic E-state index is -2.76. The van der Waals surface area contributed by atoms with Gasteiger partial charge in [0.2, 0.25) is 0 Å². The zero-order valence-electron chi connectivity index (χ0n) is 12.2. The standard InChI is InChI=1S/C15H17F2NO4/c1-14(2)11(15(14,16)17)7-18-13(21)9-3-5-10(6-4-9)22-8-12(19)20/h3-6,11H,7-8H2,1-2H3,(H,18,21)(H,19,20). The molecule has 120 valence electrons. The van der Waals surface area contributed by atoms with Gasteiger partial charge < -0.3 is 15.2 Å². The molecule has 1 amide bonds. The Morgan fingerprint density at radius 3 is 2.27 bits per heavy atom. The van der Waals surface area contributed by atoms with Crippen LogP contribution in [0.5, 0.6) is 5.75 Å². The average Bonchev–Trinajstić information content (AvgIpc) is 2.84. The number of halogens is 2. The number of benzene rings is 1. The summed E-state index contributed by atoms with van der Waals surface area (Å²) in [5, 5.41) is 11.0. The van der Waals surface area contributed by atoms with Crippen molar-refractivity contribution in [3.05, 3.63) is 29.8 Å². The lowest BCUT2D eigenvalue weighted by Crippen LogP contribution is -2.27. The molecule has 7 heteroatoms. The average molecular weight is 313 g/mol. The number of rotatable bonds is 6. The van der Waals surface area contributed by atoms with Crippen molar-refractivity contribution in [1.82, 2.24) is 5.32 Å². The van der Waals surface area contributed by atoms with Crippen molar-refractivity contribution in [2.24, 2.45) is 11.3 Å². The van der Waals surface area contributed by atoms with Crippen LogP contribution in [0, 0.1) is 11.3 Å². The first-order valence-corrected chi connectivity index (χ1v) is 6.77. The fraction of sp³-hybridized carbons (Fsp3) is 0.467. The van der Waals surface area contributed by atoms with Gasteiger partial charge in [-0.15, -0.1) is 0 Å². The first kappa shape index (κ1) is 16.2. The van der Waals surface area contributed by atoms with Gasteiger partial charge in [-0.3, -0.25) is 4.79 Å². The number of aliphatic carboxylic acids is 1. The highest BCUT2D eigenvalue weighted by Gasteiger charge is 2.74. The molecule has 0 bridgehead atoms. The van der Waals surface area contributed by atoms with Crippen LogP contribution in [-0.4, -0.2) is 36.1 Å².